The van der Waals surface area contributed by atoms with Crippen molar-refractivity contribution in [3.8, 4) is 0 Å². The Morgan fingerprint density at radius 2 is 2.06 bits per heavy atom. The fraction of sp³-hybridized carbons (Fsp3) is 0.455. The van der Waals surface area contributed by atoms with Crippen LogP contribution in [0.15, 0.2) is 17.4 Å². The van der Waals surface area contributed by atoms with Crippen LogP contribution in [0.3, 0.4) is 0 Å². The Balaban J connectivity index is 3.70. The first-order valence-corrected chi connectivity index (χ1v) is 5.99. The molecule has 0 N–H and O–H groups in total. The lowest BCUT2D eigenvalue weighted by molar-refractivity contribution is 0.617. The summed E-state index contributed by atoms with van der Waals surface area (Å²) in [6, 6.07) is 0. The third kappa shape index (κ3) is 2.13. The highest BCUT2D eigenvalue weighted by Crippen LogP contribution is 2.14. The van der Waals surface area contributed by atoms with E-state index in [2.05, 4.69) is 6.58 Å². The number of rotatable bonds is 4. The molecule has 1 heterocycles. The molecule has 0 aliphatic carbocycles. The summed E-state index contributed by atoms with van der Waals surface area (Å²) in [6.07, 6.45) is 2.32. The minimum Gasteiger partial charge on any atom is -0.305 e. The second-order valence-corrected chi connectivity index (χ2v) is 4.08. The molecule has 0 fully saturated rings. The van der Waals surface area contributed by atoms with Gasteiger partial charge in [-0.25, -0.2) is 0 Å². The zero-order valence-electron chi connectivity index (χ0n) is 9.49. The van der Waals surface area contributed by atoms with Crippen LogP contribution in [0.4, 0.5) is 0 Å². The van der Waals surface area contributed by atoms with Crippen LogP contribution in [-0.4, -0.2) is 9.13 Å². The van der Waals surface area contributed by atoms with E-state index in [0.29, 0.717) is 35.0 Å². The van der Waals surface area contributed by atoms with Gasteiger partial charge >= 0.3 is 0 Å². The van der Waals surface area contributed by atoms with Gasteiger partial charge in [0.2, 0.25) is 0 Å². The standard InChI is InChI=1S/C11H15ClN2OS/c1-4-7-14-9(12)8(5-2)10(15)13(6-3)11(14)16/h4H,1,5-7H2,2-3H3. The van der Waals surface area contributed by atoms with Crippen LogP contribution in [0, 0.1) is 4.77 Å². The van der Waals surface area contributed by atoms with Gasteiger partial charge in [-0.1, -0.05) is 24.6 Å². The van der Waals surface area contributed by atoms with Gasteiger partial charge in [0.25, 0.3) is 5.56 Å². The molecular formula is C11H15ClN2OS. The average molecular weight is 259 g/mol. The summed E-state index contributed by atoms with van der Waals surface area (Å²) in [4.78, 5) is 12.0. The molecule has 16 heavy (non-hydrogen) atoms. The van der Waals surface area contributed by atoms with Crippen LogP contribution in [0.25, 0.3) is 0 Å². The van der Waals surface area contributed by atoms with Gasteiger partial charge in [-0.2, -0.15) is 0 Å². The first-order chi connectivity index (χ1) is 7.58. The lowest BCUT2D eigenvalue weighted by Gasteiger charge is -2.14. The highest BCUT2D eigenvalue weighted by molar-refractivity contribution is 7.71. The molecule has 0 aliphatic rings. The van der Waals surface area contributed by atoms with Gasteiger partial charge in [0.1, 0.15) is 5.15 Å². The third-order valence-corrected chi connectivity index (χ3v) is 3.31. The quantitative estimate of drug-likeness (QED) is 0.472. The Hall–Kier alpha value is -0.870. The van der Waals surface area contributed by atoms with E-state index in [1.165, 1.54) is 0 Å². The summed E-state index contributed by atoms with van der Waals surface area (Å²) in [5, 5.41) is 0.433. The summed E-state index contributed by atoms with van der Waals surface area (Å²) in [5.74, 6) is 0. The van der Waals surface area contributed by atoms with Crippen molar-refractivity contribution in [2.75, 3.05) is 0 Å². The van der Waals surface area contributed by atoms with E-state index in [-0.39, 0.29) is 5.56 Å². The van der Waals surface area contributed by atoms with Crippen molar-refractivity contribution in [2.24, 2.45) is 0 Å². The van der Waals surface area contributed by atoms with E-state index in [1.54, 1.807) is 15.2 Å². The maximum Gasteiger partial charge on any atom is 0.258 e. The largest absolute Gasteiger partial charge is 0.305 e. The molecule has 1 aromatic rings. The minimum absolute atomic E-state index is 0.0830. The fourth-order valence-electron chi connectivity index (χ4n) is 1.59. The molecule has 0 bridgehead atoms. The molecule has 0 atom stereocenters. The van der Waals surface area contributed by atoms with Gasteiger partial charge in [-0.05, 0) is 25.6 Å². The Morgan fingerprint density at radius 3 is 2.50 bits per heavy atom. The normalized spacial score (nSPS) is 10.4. The summed E-state index contributed by atoms with van der Waals surface area (Å²) in [6.45, 7) is 8.53. The van der Waals surface area contributed by atoms with Crippen LogP contribution in [0.5, 0.6) is 0 Å². The van der Waals surface area contributed by atoms with Gasteiger partial charge < -0.3 is 4.57 Å². The van der Waals surface area contributed by atoms with Crippen molar-refractivity contribution in [2.45, 2.75) is 33.4 Å². The highest BCUT2D eigenvalue weighted by Gasteiger charge is 2.12. The maximum atomic E-state index is 12.0. The van der Waals surface area contributed by atoms with E-state index in [9.17, 15) is 4.79 Å². The SMILES string of the molecule is C=CCn1c(Cl)c(CC)c(=O)n(CC)c1=S. The van der Waals surface area contributed by atoms with Gasteiger partial charge in [-0.3, -0.25) is 9.36 Å². The smallest absolute Gasteiger partial charge is 0.258 e. The van der Waals surface area contributed by atoms with E-state index < -0.39 is 0 Å². The first kappa shape index (κ1) is 13.2. The summed E-state index contributed by atoms with van der Waals surface area (Å²) >= 11 is 11.4. The predicted octanol–water partition coefficient (Wildman–Crippen LogP) is 2.80. The van der Waals surface area contributed by atoms with E-state index >= 15 is 0 Å². The van der Waals surface area contributed by atoms with Gasteiger partial charge in [0.05, 0.1) is 5.56 Å². The molecule has 0 saturated heterocycles. The predicted molar refractivity (Wildman–Crippen MR) is 69.8 cm³/mol. The molecule has 5 heteroatoms. The number of halogens is 1. The van der Waals surface area contributed by atoms with Crippen molar-refractivity contribution < 1.29 is 0 Å². The highest BCUT2D eigenvalue weighted by atomic mass is 35.5. The lowest BCUT2D eigenvalue weighted by Crippen LogP contribution is -2.28. The topological polar surface area (TPSA) is 26.9 Å². The van der Waals surface area contributed by atoms with E-state index in [4.69, 9.17) is 23.8 Å². The lowest BCUT2D eigenvalue weighted by atomic mass is 10.2. The van der Waals surface area contributed by atoms with E-state index in [0.717, 1.165) is 0 Å². The van der Waals surface area contributed by atoms with Gasteiger partial charge in [0.15, 0.2) is 4.77 Å². The number of nitrogens with zero attached hydrogens (tertiary/aromatic N) is 2. The Bertz CT molecular complexity index is 516. The second-order valence-electron chi connectivity index (χ2n) is 3.35. The van der Waals surface area contributed by atoms with Crippen LogP contribution in [-0.2, 0) is 19.5 Å². The summed E-state index contributed by atoms with van der Waals surface area (Å²) in [7, 11) is 0. The fourth-order valence-corrected chi connectivity index (χ4v) is 2.39. The van der Waals surface area contributed by atoms with Crippen LogP contribution >= 0.6 is 23.8 Å². The van der Waals surface area contributed by atoms with Crippen molar-refractivity contribution in [3.63, 3.8) is 0 Å². The minimum atomic E-state index is -0.0830. The zero-order valence-corrected chi connectivity index (χ0v) is 11.1. The van der Waals surface area contributed by atoms with Crippen molar-refractivity contribution in [3.05, 3.63) is 38.5 Å². The summed E-state index contributed by atoms with van der Waals surface area (Å²) in [5.41, 5.74) is 0.527. The maximum absolute atomic E-state index is 12.0. The van der Waals surface area contributed by atoms with E-state index in [1.807, 2.05) is 13.8 Å². The number of hydrogen-bond acceptors (Lipinski definition) is 2. The average Bonchev–Trinajstić information content (AvgIpc) is 2.26. The molecule has 0 aliphatic heterocycles. The Morgan fingerprint density at radius 1 is 1.44 bits per heavy atom. The molecule has 3 nitrogen and oxygen atoms in total. The first-order valence-electron chi connectivity index (χ1n) is 5.21. The van der Waals surface area contributed by atoms with Crippen molar-refractivity contribution in [1.82, 2.24) is 9.13 Å². The molecule has 1 aromatic heterocycles. The van der Waals surface area contributed by atoms with Gasteiger partial charge in [-0.15, -0.1) is 6.58 Å². The van der Waals surface area contributed by atoms with Gasteiger partial charge in [0, 0.05) is 13.1 Å². The molecule has 0 aromatic carbocycles. The van der Waals surface area contributed by atoms with Crippen LogP contribution in [0.2, 0.25) is 5.15 Å². The van der Waals surface area contributed by atoms with Crippen molar-refractivity contribution in [1.29, 1.82) is 0 Å². The molecule has 0 unspecified atom stereocenters. The number of aromatic nitrogens is 2. The zero-order chi connectivity index (χ0) is 12.3. The molecule has 0 saturated carbocycles. The third-order valence-electron chi connectivity index (χ3n) is 2.43. The number of hydrogen-bond donors (Lipinski definition) is 0. The van der Waals surface area contributed by atoms with Crippen molar-refractivity contribution >= 4 is 23.8 Å². The van der Waals surface area contributed by atoms with Crippen LogP contribution in [0.1, 0.15) is 19.4 Å². The molecular weight excluding hydrogens is 244 g/mol. The molecule has 0 radical (unpaired) electrons. The second kappa shape index (κ2) is 5.46. The molecule has 88 valence electrons. The number of allylic oxidation sites excluding steroid dienone is 1. The van der Waals surface area contributed by atoms with Crippen LogP contribution < -0.4 is 5.56 Å². The molecule has 1 rings (SSSR count). The molecule has 0 spiro atoms. The Kier molecular flexibility index (Phi) is 4.50. The monoisotopic (exact) mass is 258 g/mol. The summed E-state index contributed by atoms with van der Waals surface area (Å²) < 4.78 is 3.74. The molecule has 0 amide bonds. The Labute approximate surface area is 105 Å².